The molecule has 0 aliphatic heterocycles. The molecule has 0 fully saturated rings. The molecule has 3 rings (SSSR count). The number of benzene rings is 2. The van der Waals surface area contributed by atoms with Gasteiger partial charge in [0.2, 0.25) is 10.0 Å². The maximum absolute atomic E-state index is 12.8. The number of Topliss-reactive ketones (excluding diaryl/α,β-unsaturated/α-hetero) is 1. The number of sulfonamides is 1. The third kappa shape index (κ3) is 4.94. The van der Waals surface area contributed by atoms with Crippen LogP contribution in [0.3, 0.4) is 0 Å². The Bertz CT molecular complexity index is 1140. The molecule has 0 radical (unpaired) electrons. The van der Waals surface area contributed by atoms with E-state index in [1.165, 1.54) is 19.1 Å². The van der Waals surface area contributed by atoms with Gasteiger partial charge in [-0.15, -0.1) is 0 Å². The summed E-state index contributed by atoms with van der Waals surface area (Å²) < 4.78 is 33.9. The lowest BCUT2D eigenvalue weighted by molar-refractivity contribution is -0.141. The number of fused-ring (bicyclic) bond motifs is 1. The van der Waals surface area contributed by atoms with Crippen LogP contribution in [-0.4, -0.2) is 43.5 Å². The normalized spacial score (nSPS) is 15.4. The fourth-order valence-electron chi connectivity index (χ4n) is 3.99. The van der Waals surface area contributed by atoms with Gasteiger partial charge >= 0.3 is 5.97 Å². The van der Waals surface area contributed by atoms with Crippen molar-refractivity contribution in [1.29, 1.82) is 0 Å². The Labute approximate surface area is 187 Å². The van der Waals surface area contributed by atoms with E-state index in [-0.39, 0.29) is 41.6 Å². The Balaban J connectivity index is 1.68. The molecule has 8 nitrogen and oxygen atoms in total. The van der Waals surface area contributed by atoms with Crippen LogP contribution in [0.4, 0.5) is 0 Å². The summed E-state index contributed by atoms with van der Waals surface area (Å²) in [5.41, 5.74) is 2.02. The summed E-state index contributed by atoms with van der Waals surface area (Å²) in [5, 5.41) is 19.7. The number of ketones is 1. The fraction of sp³-hybridized carbons (Fsp3) is 0.391. The highest BCUT2D eigenvalue weighted by atomic mass is 32.2. The Morgan fingerprint density at radius 1 is 1.19 bits per heavy atom. The van der Waals surface area contributed by atoms with Crippen molar-refractivity contribution in [2.45, 2.75) is 44.4 Å². The highest BCUT2D eigenvalue weighted by Crippen LogP contribution is 2.33. The first-order valence-corrected chi connectivity index (χ1v) is 12.0. The van der Waals surface area contributed by atoms with Crippen molar-refractivity contribution in [3.8, 4) is 11.5 Å². The maximum atomic E-state index is 12.8. The fourth-order valence-corrected chi connectivity index (χ4v) is 5.29. The van der Waals surface area contributed by atoms with Crippen LogP contribution >= 0.6 is 0 Å². The highest BCUT2D eigenvalue weighted by Gasteiger charge is 2.32. The zero-order chi connectivity index (χ0) is 23.5. The first kappa shape index (κ1) is 23.7. The second-order valence-corrected chi connectivity index (χ2v) is 9.56. The van der Waals surface area contributed by atoms with Gasteiger partial charge in [-0.3, -0.25) is 9.59 Å². The summed E-state index contributed by atoms with van der Waals surface area (Å²) in [6, 6.07) is 7.94. The van der Waals surface area contributed by atoms with E-state index in [0.717, 1.165) is 12.0 Å². The molecule has 2 aromatic rings. The lowest BCUT2D eigenvalue weighted by atomic mass is 10.0. The molecule has 2 aromatic carbocycles. The smallest absolute Gasteiger partial charge is 0.307 e. The van der Waals surface area contributed by atoms with Crippen LogP contribution in [0.25, 0.3) is 0 Å². The number of carbonyl (C=O) groups is 2. The molecule has 0 spiro atoms. The van der Waals surface area contributed by atoms with Gasteiger partial charge in [0.1, 0.15) is 18.1 Å². The number of ether oxygens (including phenoxy) is 1. The summed E-state index contributed by atoms with van der Waals surface area (Å²) in [4.78, 5) is 23.1. The third-order valence-electron chi connectivity index (χ3n) is 5.56. The van der Waals surface area contributed by atoms with Crippen molar-refractivity contribution in [3.05, 3.63) is 52.6 Å². The number of rotatable bonds is 10. The minimum atomic E-state index is -3.85. The van der Waals surface area contributed by atoms with Crippen molar-refractivity contribution >= 4 is 21.8 Å². The number of carboxylic acid groups (broad SMARTS) is 1. The molecule has 1 aliphatic rings. The summed E-state index contributed by atoms with van der Waals surface area (Å²) in [7, 11) is -3.85. The maximum Gasteiger partial charge on any atom is 0.307 e. The van der Waals surface area contributed by atoms with Gasteiger partial charge in [0, 0.05) is 12.1 Å². The number of carboxylic acids is 1. The standard InChI is InChI=1S/C23H27NO7S/c1-3-5-18-20(9-8-17(14(2)25)22(18)26)31-11-10-24-32(29,30)21-7-4-6-15-12-16(23(27)28)13-19(15)21/h4,6-9,16,24,26H,3,5,10-13H2,1-2H3,(H,27,28). The van der Waals surface area contributed by atoms with Crippen LogP contribution in [0.5, 0.6) is 11.5 Å². The molecule has 3 N–H and O–H groups in total. The zero-order valence-corrected chi connectivity index (χ0v) is 18.9. The van der Waals surface area contributed by atoms with Crippen LogP contribution < -0.4 is 9.46 Å². The largest absolute Gasteiger partial charge is 0.507 e. The molecule has 1 unspecified atom stereocenters. The van der Waals surface area contributed by atoms with Gasteiger partial charge in [-0.25, -0.2) is 13.1 Å². The third-order valence-corrected chi connectivity index (χ3v) is 7.10. The minimum Gasteiger partial charge on any atom is -0.507 e. The first-order valence-electron chi connectivity index (χ1n) is 10.5. The highest BCUT2D eigenvalue weighted by molar-refractivity contribution is 7.89. The van der Waals surface area contributed by atoms with Gasteiger partial charge in [0.15, 0.2) is 5.78 Å². The lowest BCUT2D eigenvalue weighted by Crippen LogP contribution is -2.29. The van der Waals surface area contributed by atoms with Crippen LogP contribution in [0.15, 0.2) is 35.2 Å². The van der Waals surface area contributed by atoms with Gasteiger partial charge in [-0.2, -0.15) is 0 Å². The molecule has 172 valence electrons. The second kappa shape index (κ2) is 9.70. The monoisotopic (exact) mass is 461 g/mol. The van der Waals surface area contributed by atoms with Gasteiger partial charge in [-0.05, 0) is 55.5 Å². The minimum absolute atomic E-state index is 0.0155. The number of phenols is 1. The molecule has 0 saturated carbocycles. The van der Waals surface area contributed by atoms with E-state index in [0.29, 0.717) is 29.7 Å². The van der Waals surface area contributed by atoms with Crippen molar-refractivity contribution in [2.75, 3.05) is 13.2 Å². The van der Waals surface area contributed by atoms with E-state index in [1.807, 2.05) is 6.92 Å². The molecular formula is C23H27NO7S. The van der Waals surface area contributed by atoms with E-state index >= 15 is 0 Å². The van der Waals surface area contributed by atoms with Gasteiger partial charge in [0.25, 0.3) is 0 Å². The topological polar surface area (TPSA) is 130 Å². The van der Waals surface area contributed by atoms with Gasteiger partial charge < -0.3 is 14.9 Å². The number of aliphatic carboxylic acids is 1. The summed E-state index contributed by atoms with van der Waals surface area (Å²) in [6.07, 6.45) is 1.74. The van der Waals surface area contributed by atoms with E-state index in [9.17, 15) is 28.2 Å². The van der Waals surface area contributed by atoms with Crippen molar-refractivity contribution in [2.24, 2.45) is 5.92 Å². The Hall–Kier alpha value is -2.91. The van der Waals surface area contributed by atoms with Gasteiger partial charge in [-0.1, -0.05) is 25.5 Å². The van der Waals surface area contributed by atoms with E-state index in [4.69, 9.17) is 4.74 Å². The number of aromatic hydroxyl groups is 1. The van der Waals surface area contributed by atoms with E-state index in [2.05, 4.69) is 4.72 Å². The molecule has 0 amide bonds. The molecule has 0 saturated heterocycles. The molecule has 0 aromatic heterocycles. The van der Waals surface area contributed by atoms with Crippen LogP contribution in [-0.2, 0) is 34.1 Å². The Kier molecular flexibility index (Phi) is 7.20. The Morgan fingerprint density at radius 3 is 2.59 bits per heavy atom. The summed E-state index contributed by atoms with van der Waals surface area (Å²) in [5.74, 6) is -1.51. The van der Waals surface area contributed by atoms with Crippen molar-refractivity contribution < 1.29 is 33.0 Å². The Morgan fingerprint density at radius 2 is 1.94 bits per heavy atom. The predicted molar refractivity (Wildman–Crippen MR) is 118 cm³/mol. The van der Waals surface area contributed by atoms with Gasteiger partial charge in [0.05, 0.1) is 16.4 Å². The van der Waals surface area contributed by atoms with Crippen molar-refractivity contribution in [1.82, 2.24) is 4.72 Å². The molecule has 0 heterocycles. The molecule has 9 heteroatoms. The molecular weight excluding hydrogens is 434 g/mol. The number of hydrogen-bond donors (Lipinski definition) is 3. The van der Waals surface area contributed by atoms with E-state index < -0.39 is 21.9 Å². The number of hydrogen-bond acceptors (Lipinski definition) is 6. The van der Waals surface area contributed by atoms with Crippen molar-refractivity contribution in [3.63, 3.8) is 0 Å². The second-order valence-electron chi connectivity index (χ2n) is 7.83. The average molecular weight is 462 g/mol. The average Bonchev–Trinajstić information content (AvgIpc) is 3.18. The zero-order valence-electron chi connectivity index (χ0n) is 18.1. The number of phenolic OH excluding ortho intramolecular Hbond substituents is 1. The molecule has 1 aliphatic carbocycles. The number of carbonyl (C=O) groups excluding carboxylic acids is 1. The predicted octanol–water partition coefficient (Wildman–Crippen LogP) is 2.70. The lowest BCUT2D eigenvalue weighted by Gasteiger charge is -2.15. The molecule has 1 atom stereocenters. The SMILES string of the molecule is CCCc1c(OCCNS(=O)(=O)c2cccc3c2CC(C(=O)O)C3)ccc(C(C)=O)c1O. The van der Waals surface area contributed by atoms with Crippen LogP contribution in [0, 0.1) is 5.92 Å². The first-order chi connectivity index (χ1) is 15.2. The van der Waals surface area contributed by atoms with Crippen LogP contribution in [0.2, 0.25) is 0 Å². The van der Waals surface area contributed by atoms with Crippen LogP contribution in [0.1, 0.15) is 47.3 Å². The quantitative estimate of drug-likeness (QED) is 0.366. The molecule has 32 heavy (non-hydrogen) atoms. The molecule has 0 bridgehead atoms. The van der Waals surface area contributed by atoms with E-state index in [1.54, 1.807) is 18.2 Å². The summed E-state index contributed by atoms with van der Waals surface area (Å²) >= 11 is 0. The summed E-state index contributed by atoms with van der Waals surface area (Å²) in [6.45, 7) is 3.31. The number of nitrogens with one attached hydrogen (secondary N) is 1.